The van der Waals surface area contributed by atoms with Crippen molar-refractivity contribution in [1.82, 2.24) is 10.6 Å². The summed E-state index contributed by atoms with van der Waals surface area (Å²) in [6.45, 7) is 1.78. The molecule has 0 aliphatic carbocycles. The molecule has 6 heteroatoms. The second-order valence-corrected chi connectivity index (χ2v) is 5.48. The van der Waals surface area contributed by atoms with E-state index in [1.165, 1.54) is 14.2 Å². The van der Waals surface area contributed by atoms with Gasteiger partial charge in [-0.05, 0) is 24.6 Å². The van der Waals surface area contributed by atoms with E-state index in [0.717, 1.165) is 5.56 Å². The minimum atomic E-state index is -0.375. The minimum absolute atomic E-state index is 0.116. The first-order valence-electron chi connectivity index (χ1n) is 7.89. The molecule has 0 aliphatic heterocycles. The number of carbonyl (C=O) groups is 2. The highest BCUT2D eigenvalue weighted by atomic mass is 16.5. The third-order valence-corrected chi connectivity index (χ3v) is 3.70. The third-order valence-electron chi connectivity index (χ3n) is 3.70. The maximum Gasteiger partial charge on any atom is 0.251 e. The highest BCUT2D eigenvalue weighted by Gasteiger charge is 2.13. The summed E-state index contributed by atoms with van der Waals surface area (Å²) in [6, 6.07) is 14.3. The van der Waals surface area contributed by atoms with Crippen LogP contribution in [0.5, 0.6) is 11.5 Å². The summed E-state index contributed by atoms with van der Waals surface area (Å²) in [4.78, 5) is 24.3. The number of benzene rings is 2. The zero-order chi connectivity index (χ0) is 18.2. The van der Waals surface area contributed by atoms with Gasteiger partial charge in [0.1, 0.15) is 11.5 Å². The Kier molecular flexibility index (Phi) is 6.39. The summed E-state index contributed by atoms with van der Waals surface area (Å²) in [5.74, 6) is 0.373. The van der Waals surface area contributed by atoms with Crippen molar-refractivity contribution >= 4 is 11.8 Å². The van der Waals surface area contributed by atoms with Gasteiger partial charge in [0.05, 0.1) is 26.8 Å². The van der Waals surface area contributed by atoms with Crippen molar-refractivity contribution in [3.05, 3.63) is 59.7 Å². The molecule has 2 rings (SSSR count). The zero-order valence-corrected chi connectivity index (χ0v) is 14.5. The molecule has 0 bridgehead atoms. The highest BCUT2D eigenvalue weighted by molar-refractivity contribution is 5.97. The lowest BCUT2D eigenvalue weighted by Gasteiger charge is -2.15. The van der Waals surface area contributed by atoms with Crippen molar-refractivity contribution in [3.8, 4) is 11.5 Å². The Hall–Kier alpha value is -3.02. The Labute approximate surface area is 147 Å². The van der Waals surface area contributed by atoms with Gasteiger partial charge in [0, 0.05) is 11.6 Å². The number of methoxy groups -OCH3 is 2. The second kappa shape index (κ2) is 8.73. The van der Waals surface area contributed by atoms with E-state index in [0.29, 0.717) is 17.1 Å². The van der Waals surface area contributed by atoms with Crippen LogP contribution in [0, 0.1) is 0 Å². The molecule has 0 fully saturated rings. The first-order valence-corrected chi connectivity index (χ1v) is 7.89. The van der Waals surface area contributed by atoms with Gasteiger partial charge in [-0.1, -0.05) is 30.3 Å². The molecule has 132 valence electrons. The van der Waals surface area contributed by atoms with E-state index >= 15 is 0 Å². The van der Waals surface area contributed by atoms with Gasteiger partial charge in [-0.3, -0.25) is 9.59 Å². The van der Waals surface area contributed by atoms with E-state index in [9.17, 15) is 9.59 Å². The van der Waals surface area contributed by atoms with Crippen LogP contribution in [-0.2, 0) is 4.79 Å². The topological polar surface area (TPSA) is 76.7 Å². The lowest BCUT2D eigenvalue weighted by Crippen LogP contribution is -2.38. The van der Waals surface area contributed by atoms with E-state index in [1.807, 2.05) is 37.3 Å². The molecule has 25 heavy (non-hydrogen) atoms. The van der Waals surface area contributed by atoms with Gasteiger partial charge in [0.15, 0.2) is 0 Å². The Bertz CT molecular complexity index is 709. The monoisotopic (exact) mass is 342 g/mol. The molecular formula is C19H22N2O4. The van der Waals surface area contributed by atoms with Gasteiger partial charge in [0.2, 0.25) is 5.91 Å². The fourth-order valence-corrected chi connectivity index (χ4v) is 2.32. The van der Waals surface area contributed by atoms with Crippen LogP contribution in [0.1, 0.15) is 28.9 Å². The number of carbonyl (C=O) groups excluding carboxylic acids is 2. The van der Waals surface area contributed by atoms with Crippen molar-refractivity contribution in [1.29, 1.82) is 0 Å². The molecule has 0 spiro atoms. The van der Waals surface area contributed by atoms with Crippen molar-refractivity contribution in [3.63, 3.8) is 0 Å². The van der Waals surface area contributed by atoms with Crippen LogP contribution in [0.2, 0.25) is 0 Å². The van der Waals surface area contributed by atoms with Crippen LogP contribution in [0.15, 0.2) is 48.5 Å². The summed E-state index contributed by atoms with van der Waals surface area (Å²) in [7, 11) is 3.02. The van der Waals surface area contributed by atoms with Crippen LogP contribution in [-0.4, -0.2) is 32.6 Å². The maximum absolute atomic E-state index is 12.2. The molecule has 0 saturated heterocycles. The lowest BCUT2D eigenvalue weighted by molar-refractivity contribution is -0.120. The van der Waals surface area contributed by atoms with Crippen molar-refractivity contribution in [2.45, 2.75) is 13.0 Å². The van der Waals surface area contributed by atoms with Crippen LogP contribution < -0.4 is 20.1 Å². The quantitative estimate of drug-likeness (QED) is 0.809. The number of ether oxygens (including phenoxy) is 2. The second-order valence-electron chi connectivity index (χ2n) is 5.48. The minimum Gasteiger partial charge on any atom is -0.497 e. The molecule has 0 unspecified atom stereocenters. The average Bonchev–Trinajstić information content (AvgIpc) is 2.66. The zero-order valence-electron chi connectivity index (χ0n) is 14.5. The van der Waals surface area contributed by atoms with Gasteiger partial charge in [-0.25, -0.2) is 0 Å². The number of amides is 2. The van der Waals surface area contributed by atoms with E-state index < -0.39 is 0 Å². The molecule has 2 N–H and O–H groups in total. The molecule has 0 radical (unpaired) electrons. The van der Waals surface area contributed by atoms with Gasteiger partial charge >= 0.3 is 0 Å². The van der Waals surface area contributed by atoms with Gasteiger partial charge in [-0.2, -0.15) is 0 Å². The molecule has 6 nitrogen and oxygen atoms in total. The fourth-order valence-electron chi connectivity index (χ4n) is 2.32. The third kappa shape index (κ3) is 5.24. The van der Waals surface area contributed by atoms with Gasteiger partial charge in [-0.15, -0.1) is 0 Å². The van der Waals surface area contributed by atoms with E-state index in [-0.39, 0.29) is 24.4 Å². The number of rotatable bonds is 7. The first kappa shape index (κ1) is 18.3. The molecule has 1 atom stereocenters. The SMILES string of the molecule is COc1cc(OC)cc(C(=O)NCC(=O)N[C@H](C)c2ccccc2)c1. The summed E-state index contributed by atoms with van der Waals surface area (Å²) in [6.07, 6.45) is 0. The summed E-state index contributed by atoms with van der Waals surface area (Å²) < 4.78 is 10.3. The molecule has 2 amide bonds. The summed E-state index contributed by atoms with van der Waals surface area (Å²) in [5, 5.41) is 5.44. The number of nitrogens with one attached hydrogen (secondary N) is 2. The van der Waals surface area contributed by atoms with Crippen molar-refractivity contribution in [2.24, 2.45) is 0 Å². The largest absolute Gasteiger partial charge is 0.497 e. The number of hydrogen-bond acceptors (Lipinski definition) is 4. The van der Waals surface area contributed by atoms with Crippen molar-refractivity contribution in [2.75, 3.05) is 20.8 Å². The normalized spacial score (nSPS) is 11.3. The Morgan fingerprint density at radius 2 is 1.60 bits per heavy atom. The Morgan fingerprint density at radius 3 is 2.16 bits per heavy atom. The molecule has 2 aromatic carbocycles. The fraction of sp³-hybridized carbons (Fsp3) is 0.263. The summed E-state index contributed by atoms with van der Waals surface area (Å²) in [5.41, 5.74) is 1.36. The smallest absolute Gasteiger partial charge is 0.251 e. The predicted octanol–water partition coefficient (Wildman–Crippen LogP) is 2.31. The first-order chi connectivity index (χ1) is 12.0. The van der Waals surface area contributed by atoms with Crippen LogP contribution in [0.3, 0.4) is 0 Å². The van der Waals surface area contributed by atoms with E-state index in [1.54, 1.807) is 18.2 Å². The molecular weight excluding hydrogens is 320 g/mol. The molecule has 2 aromatic rings. The maximum atomic E-state index is 12.2. The van der Waals surface area contributed by atoms with Crippen LogP contribution in [0.4, 0.5) is 0 Å². The van der Waals surface area contributed by atoms with E-state index in [4.69, 9.17) is 9.47 Å². The molecule has 0 aromatic heterocycles. The number of hydrogen-bond donors (Lipinski definition) is 2. The predicted molar refractivity (Wildman–Crippen MR) is 94.9 cm³/mol. The molecule has 0 saturated carbocycles. The lowest BCUT2D eigenvalue weighted by atomic mass is 10.1. The Morgan fingerprint density at radius 1 is 1.00 bits per heavy atom. The standard InChI is InChI=1S/C19H22N2O4/c1-13(14-7-5-4-6-8-14)21-18(22)12-20-19(23)15-9-16(24-2)11-17(10-15)25-3/h4-11,13H,12H2,1-3H3,(H,20,23)(H,21,22)/t13-/m1/s1. The van der Waals surface area contributed by atoms with Crippen molar-refractivity contribution < 1.29 is 19.1 Å². The average molecular weight is 342 g/mol. The molecule has 0 aliphatic rings. The van der Waals surface area contributed by atoms with Gasteiger partial charge in [0.25, 0.3) is 5.91 Å². The van der Waals surface area contributed by atoms with Gasteiger partial charge < -0.3 is 20.1 Å². The molecule has 0 heterocycles. The van der Waals surface area contributed by atoms with E-state index in [2.05, 4.69) is 10.6 Å². The highest BCUT2D eigenvalue weighted by Crippen LogP contribution is 2.22. The Balaban J connectivity index is 1.92. The summed E-state index contributed by atoms with van der Waals surface area (Å²) >= 11 is 0. The van der Waals surface area contributed by atoms with Crippen LogP contribution >= 0.6 is 0 Å². The van der Waals surface area contributed by atoms with Crippen LogP contribution in [0.25, 0.3) is 0 Å².